The van der Waals surface area contributed by atoms with Crippen LogP contribution in [-0.2, 0) is 17.8 Å². The van der Waals surface area contributed by atoms with E-state index < -0.39 is 0 Å². The van der Waals surface area contributed by atoms with Gasteiger partial charge in [-0.05, 0) is 63.8 Å². The number of anilines is 2. The Kier molecular flexibility index (Phi) is 7.77. The minimum Gasteiger partial charge on any atom is -0.462 e. The number of carbonyl (C=O) groups excluding carboxylic acids is 1. The second-order valence-corrected chi connectivity index (χ2v) is 12.9. The van der Waals surface area contributed by atoms with Gasteiger partial charge in [0.2, 0.25) is 5.91 Å². The van der Waals surface area contributed by atoms with E-state index in [2.05, 4.69) is 71.1 Å². The van der Waals surface area contributed by atoms with Crippen LogP contribution in [0.3, 0.4) is 0 Å². The van der Waals surface area contributed by atoms with E-state index in [0.29, 0.717) is 51.3 Å². The minimum atomic E-state index is -0.170. The van der Waals surface area contributed by atoms with Gasteiger partial charge in [0.25, 0.3) is 0 Å². The molecule has 4 aliphatic heterocycles. The maximum Gasteiger partial charge on any atom is 0.318 e. The van der Waals surface area contributed by atoms with Crippen molar-refractivity contribution in [2.45, 2.75) is 57.3 Å². The summed E-state index contributed by atoms with van der Waals surface area (Å²) in [5.74, 6) is 1.04. The summed E-state index contributed by atoms with van der Waals surface area (Å²) in [5.41, 5.74) is 4.65. The molecule has 10 heteroatoms. The molecule has 0 bridgehead atoms. The number of rotatable bonds is 7. The summed E-state index contributed by atoms with van der Waals surface area (Å²) in [7, 11) is 4.12. The summed E-state index contributed by atoms with van der Waals surface area (Å²) in [6, 6.07) is 15.9. The molecule has 3 aromatic rings. The second-order valence-electron chi connectivity index (χ2n) is 12.9. The van der Waals surface area contributed by atoms with Crippen molar-refractivity contribution in [3.05, 3.63) is 53.2 Å². The lowest BCUT2D eigenvalue weighted by molar-refractivity contribution is -0.134. The van der Waals surface area contributed by atoms with Gasteiger partial charge in [0.05, 0.1) is 30.8 Å². The van der Waals surface area contributed by atoms with E-state index in [0.717, 1.165) is 49.6 Å². The van der Waals surface area contributed by atoms with E-state index in [9.17, 15) is 10.1 Å². The second kappa shape index (κ2) is 11.9. The molecule has 7 rings (SSSR count). The quantitative estimate of drug-likeness (QED) is 0.383. The van der Waals surface area contributed by atoms with E-state index in [1.165, 1.54) is 28.4 Å². The Morgan fingerprint density at radius 1 is 1.00 bits per heavy atom. The number of hydrogen-bond acceptors (Lipinski definition) is 9. The number of nitriles is 1. The van der Waals surface area contributed by atoms with Gasteiger partial charge < -0.3 is 24.3 Å². The fourth-order valence-electron chi connectivity index (χ4n) is 7.35. The van der Waals surface area contributed by atoms with Crippen molar-refractivity contribution in [1.29, 1.82) is 5.26 Å². The number of fused-ring (bicyclic) bond motifs is 2. The average molecular weight is 595 g/mol. The van der Waals surface area contributed by atoms with Crippen molar-refractivity contribution >= 4 is 28.2 Å². The van der Waals surface area contributed by atoms with Crippen LogP contribution in [0.25, 0.3) is 10.8 Å². The normalized spacial score (nSPS) is 25.2. The van der Waals surface area contributed by atoms with E-state index in [4.69, 9.17) is 14.7 Å². The Labute approximate surface area is 259 Å². The topological polar surface area (TPSA) is 91.8 Å². The first kappa shape index (κ1) is 28.8. The van der Waals surface area contributed by atoms with Crippen molar-refractivity contribution in [3.8, 4) is 12.1 Å². The van der Waals surface area contributed by atoms with Crippen LogP contribution in [0.15, 0.2) is 36.4 Å². The molecular weight excluding hydrogens is 552 g/mol. The van der Waals surface area contributed by atoms with E-state index >= 15 is 0 Å². The largest absolute Gasteiger partial charge is 0.462 e. The molecule has 1 aromatic heterocycles. The third-order valence-electron chi connectivity index (χ3n) is 10.1. The number of benzene rings is 2. The Morgan fingerprint density at radius 2 is 1.82 bits per heavy atom. The monoisotopic (exact) mass is 594 g/mol. The van der Waals surface area contributed by atoms with Gasteiger partial charge in [-0.3, -0.25) is 9.69 Å². The van der Waals surface area contributed by atoms with E-state index in [1.807, 2.05) is 16.8 Å². The molecule has 230 valence electrons. The fraction of sp³-hybridized carbons (Fsp3) is 0.529. The van der Waals surface area contributed by atoms with Gasteiger partial charge in [-0.2, -0.15) is 15.2 Å². The molecule has 10 nitrogen and oxygen atoms in total. The van der Waals surface area contributed by atoms with Crippen LogP contribution in [0, 0.1) is 18.3 Å². The first-order valence-corrected chi connectivity index (χ1v) is 16.0. The smallest absolute Gasteiger partial charge is 0.318 e. The molecule has 3 saturated heterocycles. The molecule has 4 atom stereocenters. The maximum atomic E-state index is 13.2. The maximum absolute atomic E-state index is 13.2. The number of hydrogen-bond donors (Lipinski definition) is 0. The fourth-order valence-corrected chi connectivity index (χ4v) is 7.35. The predicted octanol–water partition coefficient (Wildman–Crippen LogP) is 3.22. The highest BCUT2D eigenvalue weighted by Crippen LogP contribution is 2.36. The zero-order valence-corrected chi connectivity index (χ0v) is 26.1. The van der Waals surface area contributed by atoms with Crippen molar-refractivity contribution in [2.75, 3.05) is 69.8 Å². The lowest BCUT2D eigenvalue weighted by Gasteiger charge is -2.42. The number of nitrogens with zero attached hydrogens (tertiary/aromatic N) is 8. The summed E-state index contributed by atoms with van der Waals surface area (Å²) in [6.45, 7) is 7.99. The summed E-state index contributed by atoms with van der Waals surface area (Å²) in [4.78, 5) is 34.3. The SMILES string of the molecule is Cc1cccc2cccc(N3CCc4c(nc(OC[C@@H]5CCCN5C)nc4N4CCN(C(=O)C5CN5C)[C@@H](CC#N)C4)C3)c12. The van der Waals surface area contributed by atoms with Crippen LogP contribution in [0.1, 0.15) is 36.1 Å². The molecule has 3 fully saturated rings. The lowest BCUT2D eigenvalue weighted by atomic mass is 9.99. The van der Waals surface area contributed by atoms with E-state index in [-0.39, 0.29) is 18.0 Å². The highest BCUT2D eigenvalue weighted by atomic mass is 16.5. The first-order valence-electron chi connectivity index (χ1n) is 16.0. The molecule has 0 aliphatic carbocycles. The van der Waals surface area contributed by atoms with Crippen LogP contribution >= 0.6 is 0 Å². The Hall–Kier alpha value is -3.94. The number of likely N-dealkylation sites (tertiary alicyclic amines) is 1. The van der Waals surface area contributed by atoms with Crippen molar-refractivity contribution in [1.82, 2.24) is 24.7 Å². The number of carbonyl (C=O) groups is 1. The first-order chi connectivity index (χ1) is 21.4. The molecule has 0 N–H and O–H groups in total. The van der Waals surface area contributed by atoms with Crippen molar-refractivity contribution in [2.24, 2.45) is 0 Å². The van der Waals surface area contributed by atoms with Gasteiger partial charge >= 0.3 is 6.01 Å². The van der Waals surface area contributed by atoms with Gasteiger partial charge in [0, 0.05) is 55.4 Å². The average Bonchev–Trinajstić information content (AvgIpc) is 3.63. The molecule has 1 amide bonds. The molecule has 0 radical (unpaired) electrons. The van der Waals surface area contributed by atoms with Gasteiger partial charge in [-0.1, -0.05) is 30.3 Å². The Balaban J connectivity index is 1.20. The van der Waals surface area contributed by atoms with Crippen LogP contribution < -0.4 is 14.5 Å². The number of ether oxygens (including phenoxy) is 1. The van der Waals surface area contributed by atoms with Gasteiger partial charge in [-0.25, -0.2) is 0 Å². The zero-order valence-electron chi connectivity index (χ0n) is 26.1. The Bertz CT molecular complexity index is 1600. The number of aryl methyl sites for hydroxylation is 1. The molecule has 0 spiro atoms. The van der Waals surface area contributed by atoms with Gasteiger partial charge in [0.15, 0.2) is 0 Å². The summed E-state index contributed by atoms with van der Waals surface area (Å²) < 4.78 is 6.34. The summed E-state index contributed by atoms with van der Waals surface area (Å²) in [6.07, 6.45) is 3.41. The molecule has 44 heavy (non-hydrogen) atoms. The van der Waals surface area contributed by atoms with Crippen LogP contribution in [0.4, 0.5) is 11.5 Å². The van der Waals surface area contributed by atoms with Crippen LogP contribution in [0.5, 0.6) is 6.01 Å². The van der Waals surface area contributed by atoms with Crippen LogP contribution in [0.2, 0.25) is 0 Å². The van der Waals surface area contributed by atoms with E-state index in [1.54, 1.807) is 0 Å². The number of piperazine rings is 1. The number of amides is 1. The minimum absolute atomic E-state index is 0.0491. The highest BCUT2D eigenvalue weighted by molar-refractivity contribution is 5.97. The lowest BCUT2D eigenvalue weighted by Crippen LogP contribution is -2.57. The van der Waals surface area contributed by atoms with Crippen LogP contribution in [-0.4, -0.2) is 109 Å². The zero-order chi connectivity index (χ0) is 30.4. The molecule has 2 unspecified atom stereocenters. The number of aromatic nitrogens is 2. The standard InChI is InChI=1S/C34H42N8O2/c1-23-7-4-8-24-9-5-11-29(31(23)24)40-16-13-27-28(20-40)36-34(44-22-26-10-6-15-38(26)2)37-32(27)41-17-18-42(25(19-41)12-14-35)33(43)30-21-39(30)3/h4-5,7-9,11,25-26,30H,6,10,12-13,15-22H2,1-3H3/t25-,26-,30?,39?/m0/s1. The van der Waals surface area contributed by atoms with Crippen molar-refractivity contribution < 1.29 is 9.53 Å². The van der Waals surface area contributed by atoms with Gasteiger partial charge in [0.1, 0.15) is 18.5 Å². The molecule has 2 aromatic carbocycles. The molecule has 4 aliphatic rings. The predicted molar refractivity (Wildman–Crippen MR) is 171 cm³/mol. The molecular formula is C34H42N8O2. The highest BCUT2D eigenvalue weighted by Gasteiger charge is 2.43. The third-order valence-corrected chi connectivity index (χ3v) is 10.1. The van der Waals surface area contributed by atoms with Crippen molar-refractivity contribution in [3.63, 3.8) is 0 Å². The third kappa shape index (κ3) is 5.44. The summed E-state index contributed by atoms with van der Waals surface area (Å²) >= 11 is 0. The van der Waals surface area contributed by atoms with Gasteiger partial charge in [-0.15, -0.1) is 0 Å². The Morgan fingerprint density at radius 3 is 2.57 bits per heavy atom. The summed E-state index contributed by atoms with van der Waals surface area (Å²) in [5, 5.41) is 12.2. The number of likely N-dealkylation sites (N-methyl/N-ethyl adjacent to an activating group) is 2. The molecule has 0 saturated carbocycles. The molecule has 5 heterocycles.